The molecule has 0 aliphatic rings. The zero-order valence-corrected chi connectivity index (χ0v) is 10.7. The van der Waals surface area contributed by atoms with Crippen LogP contribution in [0.2, 0.25) is 0 Å². The van der Waals surface area contributed by atoms with Crippen molar-refractivity contribution in [3.8, 4) is 0 Å². The maximum Gasteiger partial charge on any atom is 0.207 e. The second kappa shape index (κ2) is 4.21. The van der Waals surface area contributed by atoms with Gasteiger partial charge in [-0.1, -0.05) is 13.8 Å². The van der Waals surface area contributed by atoms with Crippen molar-refractivity contribution in [2.75, 3.05) is 5.32 Å². The fourth-order valence-electron chi connectivity index (χ4n) is 1.36. The molecule has 0 spiro atoms. The Hall–Kier alpha value is -1.43. The first-order valence-corrected chi connectivity index (χ1v) is 5.94. The molecule has 16 heavy (non-hydrogen) atoms. The Morgan fingerprint density at radius 3 is 2.69 bits per heavy atom. The SMILES string of the molecule is Cc1nn(C)cc1Nc1nc(C(C)C)ns1. The molecule has 0 bridgehead atoms. The number of aromatic nitrogens is 4. The van der Waals surface area contributed by atoms with E-state index < -0.39 is 0 Å². The van der Waals surface area contributed by atoms with Crippen LogP contribution in [-0.4, -0.2) is 19.1 Å². The number of aryl methyl sites for hydroxylation is 2. The Bertz CT molecular complexity index is 485. The van der Waals surface area contributed by atoms with E-state index in [4.69, 9.17) is 0 Å². The molecule has 0 radical (unpaired) electrons. The van der Waals surface area contributed by atoms with Crippen LogP contribution in [0.15, 0.2) is 6.20 Å². The van der Waals surface area contributed by atoms with E-state index in [-0.39, 0.29) is 0 Å². The van der Waals surface area contributed by atoms with Crippen molar-refractivity contribution in [1.29, 1.82) is 0 Å². The maximum atomic E-state index is 4.41. The van der Waals surface area contributed by atoms with Crippen LogP contribution >= 0.6 is 11.5 Å². The fraction of sp³-hybridized carbons (Fsp3) is 0.500. The third-order valence-corrected chi connectivity index (χ3v) is 2.86. The van der Waals surface area contributed by atoms with Gasteiger partial charge in [-0.25, -0.2) is 4.98 Å². The minimum absolute atomic E-state index is 0.363. The molecule has 0 atom stereocenters. The van der Waals surface area contributed by atoms with Gasteiger partial charge in [0.05, 0.1) is 11.4 Å². The summed E-state index contributed by atoms with van der Waals surface area (Å²) in [6.07, 6.45) is 1.94. The van der Waals surface area contributed by atoms with Gasteiger partial charge in [0.25, 0.3) is 0 Å². The molecule has 2 heterocycles. The summed E-state index contributed by atoms with van der Waals surface area (Å²) in [4.78, 5) is 4.41. The number of anilines is 2. The topological polar surface area (TPSA) is 55.6 Å². The largest absolute Gasteiger partial charge is 0.327 e. The molecule has 2 rings (SSSR count). The predicted molar refractivity (Wildman–Crippen MR) is 65.2 cm³/mol. The predicted octanol–water partition coefficient (Wildman–Crippen LogP) is 2.45. The molecule has 0 aromatic carbocycles. The molecule has 0 amide bonds. The van der Waals surface area contributed by atoms with E-state index in [0.29, 0.717) is 5.92 Å². The summed E-state index contributed by atoms with van der Waals surface area (Å²) in [6.45, 7) is 6.13. The highest BCUT2D eigenvalue weighted by Crippen LogP contribution is 2.22. The molecule has 2 aromatic heterocycles. The summed E-state index contributed by atoms with van der Waals surface area (Å²) < 4.78 is 6.07. The molecule has 5 nitrogen and oxygen atoms in total. The Morgan fingerprint density at radius 1 is 1.44 bits per heavy atom. The van der Waals surface area contributed by atoms with Crippen molar-refractivity contribution in [3.05, 3.63) is 17.7 Å². The first kappa shape index (κ1) is 11.1. The van der Waals surface area contributed by atoms with Crippen molar-refractivity contribution in [1.82, 2.24) is 19.1 Å². The van der Waals surface area contributed by atoms with Crippen LogP contribution < -0.4 is 5.32 Å². The molecule has 0 unspecified atom stereocenters. The molecule has 0 fully saturated rings. The summed E-state index contributed by atoms with van der Waals surface area (Å²) in [7, 11) is 1.90. The normalized spacial score (nSPS) is 11.1. The van der Waals surface area contributed by atoms with Crippen LogP contribution in [0.5, 0.6) is 0 Å². The Balaban J connectivity index is 2.17. The molecule has 0 aliphatic carbocycles. The van der Waals surface area contributed by atoms with Crippen molar-refractivity contribution in [3.63, 3.8) is 0 Å². The number of hydrogen-bond acceptors (Lipinski definition) is 5. The van der Waals surface area contributed by atoms with Crippen LogP contribution in [0.3, 0.4) is 0 Å². The van der Waals surface area contributed by atoms with Gasteiger partial charge in [-0.2, -0.15) is 9.47 Å². The van der Waals surface area contributed by atoms with Gasteiger partial charge in [-0.05, 0) is 6.92 Å². The number of nitrogens with zero attached hydrogens (tertiary/aromatic N) is 4. The van der Waals surface area contributed by atoms with Gasteiger partial charge >= 0.3 is 0 Å². The number of nitrogens with one attached hydrogen (secondary N) is 1. The minimum atomic E-state index is 0.363. The van der Waals surface area contributed by atoms with E-state index in [2.05, 4.69) is 33.6 Å². The molecule has 86 valence electrons. The monoisotopic (exact) mass is 237 g/mol. The van der Waals surface area contributed by atoms with E-state index in [9.17, 15) is 0 Å². The highest BCUT2D eigenvalue weighted by atomic mass is 32.1. The van der Waals surface area contributed by atoms with Crippen molar-refractivity contribution < 1.29 is 0 Å². The summed E-state index contributed by atoms with van der Waals surface area (Å²) >= 11 is 1.38. The van der Waals surface area contributed by atoms with E-state index in [1.165, 1.54) is 11.5 Å². The highest BCUT2D eigenvalue weighted by Gasteiger charge is 2.09. The lowest BCUT2D eigenvalue weighted by Gasteiger charge is -1.98. The number of hydrogen-bond donors (Lipinski definition) is 1. The third-order valence-electron chi connectivity index (χ3n) is 2.21. The summed E-state index contributed by atoms with van der Waals surface area (Å²) in [5.74, 6) is 1.25. The average molecular weight is 237 g/mol. The van der Waals surface area contributed by atoms with E-state index in [1.54, 1.807) is 4.68 Å². The number of rotatable bonds is 3. The van der Waals surface area contributed by atoms with Gasteiger partial charge in [0.15, 0.2) is 0 Å². The van der Waals surface area contributed by atoms with Gasteiger partial charge in [-0.3, -0.25) is 4.68 Å². The minimum Gasteiger partial charge on any atom is -0.327 e. The molecular weight excluding hydrogens is 222 g/mol. The van der Waals surface area contributed by atoms with Gasteiger partial charge < -0.3 is 5.32 Å². The first-order chi connectivity index (χ1) is 7.56. The molecule has 1 N–H and O–H groups in total. The zero-order valence-electron chi connectivity index (χ0n) is 9.85. The lowest BCUT2D eigenvalue weighted by molar-refractivity contribution is 0.756. The fourth-order valence-corrected chi connectivity index (χ4v) is 2.08. The second-order valence-electron chi connectivity index (χ2n) is 4.04. The van der Waals surface area contributed by atoms with Gasteiger partial charge in [0.2, 0.25) is 5.13 Å². The van der Waals surface area contributed by atoms with Gasteiger partial charge in [0.1, 0.15) is 5.82 Å². The van der Waals surface area contributed by atoms with Gasteiger partial charge in [0, 0.05) is 30.7 Å². The molecular formula is C10H15N5S. The summed E-state index contributed by atoms with van der Waals surface area (Å²) in [5, 5.41) is 8.31. The Kier molecular flexibility index (Phi) is 2.91. The molecule has 2 aromatic rings. The lowest BCUT2D eigenvalue weighted by Crippen LogP contribution is -1.93. The van der Waals surface area contributed by atoms with E-state index in [0.717, 1.165) is 22.3 Å². The molecule has 6 heteroatoms. The summed E-state index contributed by atoms with van der Waals surface area (Å²) in [6, 6.07) is 0. The van der Waals surface area contributed by atoms with E-state index in [1.807, 2.05) is 20.2 Å². The first-order valence-electron chi connectivity index (χ1n) is 5.17. The Labute approximate surface area is 98.7 Å². The highest BCUT2D eigenvalue weighted by molar-refractivity contribution is 7.09. The van der Waals surface area contributed by atoms with Crippen molar-refractivity contribution in [2.45, 2.75) is 26.7 Å². The zero-order chi connectivity index (χ0) is 11.7. The molecule has 0 saturated heterocycles. The van der Waals surface area contributed by atoms with E-state index >= 15 is 0 Å². The molecule has 0 saturated carbocycles. The smallest absolute Gasteiger partial charge is 0.207 e. The third kappa shape index (κ3) is 2.21. The maximum absolute atomic E-state index is 4.41. The van der Waals surface area contributed by atoms with Crippen LogP contribution in [-0.2, 0) is 7.05 Å². The van der Waals surface area contributed by atoms with Crippen molar-refractivity contribution in [2.24, 2.45) is 7.05 Å². The van der Waals surface area contributed by atoms with Crippen LogP contribution in [0.25, 0.3) is 0 Å². The second-order valence-corrected chi connectivity index (χ2v) is 4.79. The average Bonchev–Trinajstić information content (AvgIpc) is 2.75. The van der Waals surface area contributed by atoms with Crippen LogP contribution in [0, 0.1) is 6.92 Å². The van der Waals surface area contributed by atoms with Crippen LogP contribution in [0.4, 0.5) is 10.8 Å². The molecule has 0 aliphatic heterocycles. The summed E-state index contributed by atoms with van der Waals surface area (Å²) in [5.41, 5.74) is 1.94. The quantitative estimate of drug-likeness (QED) is 0.891. The van der Waals surface area contributed by atoms with Gasteiger partial charge in [-0.15, -0.1) is 0 Å². The van der Waals surface area contributed by atoms with Crippen molar-refractivity contribution >= 4 is 22.4 Å². The lowest BCUT2D eigenvalue weighted by atomic mass is 10.2. The Morgan fingerprint density at radius 2 is 2.19 bits per heavy atom. The standard InChI is InChI=1S/C10H15N5S/c1-6(2)9-12-10(16-14-9)11-8-5-15(4)13-7(8)3/h5-6H,1-4H3,(H,11,12,14). The van der Waals surface area contributed by atoms with Crippen LogP contribution in [0.1, 0.15) is 31.3 Å².